The van der Waals surface area contributed by atoms with Gasteiger partial charge in [0.05, 0.1) is 19.3 Å². The Hall–Kier alpha value is -1.09. The van der Waals surface area contributed by atoms with Crippen LogP contribution >= 0.6 is 0 Å². The molecule has 3 fully saturated rings. The Labute approximate surface area is 205 Å². The molecule has 3 heterocycles. The van der Waals surface area contributed by atoms with Gasteiger partial charge >= 0.3 is 0 Å². The minimum absolute atomic E-state index is 0.653. The highest BCUT2D eigenvalue weighted by Crippen LogP contribution is 2.32. The van der Waals surface area contributed by atoms with Crippen LogP contribution in [0, 0.1) is 0 Å². The maximum atomic E-state index is 11.8. The number of ether oxygens (including phenoxy) is 5. The van der Waals surface area contributed by atoms with Crippen molar-refractivity contribution >= 4 is 5.91 Å². The zero-order chi connectivity index (χ0) is 26.9. The molecule has 0 bridgehead atoms. The van der Waals surface area contributed by atoms with E-state index in [2.05, 4.69) is 5.32 Å². The summed E-state index contributed by atoms with van der Waals surface area (Å²) in [6.45, 7) is 1.05. The van der Waals surface area contributed by atoms with Gasteiger partial charge in [0, 0.05) is 6.92 Å². The first-order chi connectivity index (χ1) is 16.9. The van der Waals surface area contributed by atoms with E-state index >= 15 is 0 Å². The number of aliphatic hydroxyl groups is 9. The van der Waals surface area contributed by atoms with Crippen LogP contribution in [0.25, 0.3) is 0 Å². The zero-order valence-corrected chi connectivity index (χ0v) is 19.5. The Morgan fingerprint density at radius 3 is 1.92 bits per heavy atom. The van der Waals surface area contributed by atoms with E-state index in [0.717, 1.165) is 6.92 Å². The average molecular weight is 529 g/mol. The third-order valence-electron chi connectivity index (χ3n) is 6.46. The van der Waals surface area contributed by atoms with Gasteiger partial charge in [-0.3, -0.25) is 4.79 Å². The first kappa shape index (κ1) is 29.5. The molecule has 210 valence electrons. The van der Waals surface area contributed by atoms with Crippen molar-refractivity contribution in [3.05, 3.63) is 0 Å². The molecule has 0 aromatic rings. The molecule has 3 rings (SSSR count). The molecule has 0 spiro atoms. The van der Waals surface area contributed by atoms with E-state index in [4.69, 9.17) is 23.7 Å². The summed E-state index contributed by atoms with van der Waals surface area (Å²) in [6, 6.07) is -1.43. The van der Waals surface area contributed by atoms with Crippen LogP contribution in [0.15, 0.2) is 0 Å². The van der Waals surface area contributed by atoms with Crippen molar-refractivity contribution in [2.75, 3.05) is 13.2 Å². The van der Waals surface area contributed by atoms with Gasteiger partial charge in [-0.2, -0.15) is 0 Å². The van der Waals surface area contributed by atoms with E-state index in [-0.39, 0.29) is 0 Å². The van der Waals surface area contributed by atoms with Crippen LogP contribution < -0.4 is 5.32 Å². The van der Waals surface area contributed by atoms with E-state index < -0.39 is 111 Å². The van der Waals surface area contributed by atoms with E-state index in [0.29, 0.717) is 0 Å². The fourth-order valence-corrected chi connectivity index (χ4v) is 4.39. The normalized spacial score (nSPS) is 50.0. The summed E-state index contributed by atoms with van der Waals surface area (Å²) in [6.07, 6.45) is -21.7. The van der Waals surface area contributed by atoms with Gasteiger partial charge < -0.3 is 75.0 Å². The molecule has 16 nitrogen and oxygen atoms in total. The summed E-state index contributed by atoms with van der Waals surface area (Å²) in [5.74, 6) is -0.653. The van der Waals surface area contributed by atoms with Crippen LogP contribution in [0.4, 0.5) is 0 Å². The molecule has 0 unspecified atom stereocenters. The number of amides is 1. The molecule has 3 saturated heterocycles. The zero-order valence-electron chi connectivity index (χ0n) is 19.5. The van der Waals surface area contributed by atoms with E-state index in [1.165, 1.54) is 6.92 Å². The number of aliphatic hydroxyl groups excluding tert-OH is 9. The van der Waals surface area contributed by atoms with Gasteiger partial charge in [0.1, 0.15) is 67.1 Å². The molecule has 10 N–H and O–H groups in total. The lowest BCUT2D eigenvalue weighted by molar-refractivity contribution is -0.367. The molecule has 3 aliphatic heterocycles. The summed E-state index contributed by atoms with van der Waals surface area (Å²) in [4.78, 5) is 11.8. The minimum Gasteiger partial charge on any atom is -0.394 e. The predicted molar refractivity (Wildman–Crippen MR) is 111 cm³/mol. The number of carbonyl (C=O) groups excluding carboxylic acids is 1. The van der Waals surface area contributed by atoms with Gasteiger partial charge in [-0.1, -0.05) is 0 Å². The number of rotatable bonds is 7. The molecular formula is C20H35NO15. The number of carbonyl (C=O) groups is 1. The Bertz CT molecular complexity index is 731. The van der Waals surface area contributed by atoms with Crippen molar-refractivity contribution in [3.8, 4) is 0 Å². The molecule has 3 aliphatic rings. The summed E-state index contributed by atoms with van der Waals surface area (Å²) in [5, 5.41) is 93.4. The van der Waals surface area contributed by atoms with Crippen LogP contribution in [0.3, 0.4) is 0 Å². The van der Waals surface area contributed by atoms with E-state index in [1.807, 2.05) is 0 Å². The SMILES string of the molecule is CC(=O)N[C@H]1[C@H](O[C@H]2[C@@H](O)[C@H](O)[C@@H](CO)O[C@@H]2O)O[C@H](CO)[C@@H](O[C@@H]2O[C@H](C)[C@H](O)[C@H](O)[C@H]2O)[C@@H]1O. The fourth-order valence-electron chi connectivity index (χ4n) is 4.39. The minimum atomic E-state index is -1.85. The van der Waals surface area contributed by atoms with Crippen molar-refractivity contribution in [2.24, 2.45) is 0 Å². The summed E-state index contributed by atoms with van der Waals surface area (Å²) in [7, 11) is 0. The van der Waals surface area contributed by atoms with Crippen LogP contribution in [-0.4, -0.2) is 157 Å². The predicted octanol–water partition coefficient (Wildman–Crippen LogP) is -6.40. The molecule has 16 heteroatoms. The van der Waals surface area contributed by atoms with Crippen LogP contribution in [0.2, 0.25) is 0 Å². The smallest absolute Gasteiger partial charge is 0.217 e. The second-order valence-electron chi connectivity index (χ2n) is 9.05. The fraction of sp³-hybridized carbons (Fsp3) is 0.950. The topological polar surface area (TPSA) is 257 Å². The monoisotopic (exact) mass is 529 g/mol. The maximum absolute atomic E-state index is 11.8. The van der Waals surface area contributed by atoms with Gasteiger partial charge in [0.15, 0.2) is 18.9 Å². The van der Waals surface area contributed by atoms with Crippen molar-refractivity contribution in [1.29, 1.82) is 0 Å². The molecule has 0 aliphatic carbocycles. The number of hydrogen-bond donors (Lipinski definition) is 10. The lowest BCUT2D eigenvalue weighted by Gasteiger charge is -2.48. The third kappa shape index (κ3) is 5.97. The van der Waals surface area contributed by atoms with Crippen molar-refractivity contribution < 1.29 is 74.4 Å². The first-order valence-electron chi connectivity index (χ1n) is 11.4. The van der Waals surface area contributed by atoms with Gasteiger partial charge in [-0.05, 0) is 6.92 Å². The van der Waals surface area contributed by atoms with Crippen LogP contribution in [0.1, 0.15) is 13.8 Å². The van der Waals surface area contributed by atoms with E-state index in [1.54, 1.807) is 0 Å². The average Bonchev–Trinajstić information content (AvgIpc) is 2.84. The first-order valence-corrected chi connectivity index (χ1v) is 11.4. The Morgan fingerprint density at radius 1 is 0.722 bits per heavy atom. The second kappa shape index (κ2) is 12.2. The third-order valence-corrected chi connectivity index (χ3v) is 6.46. The molecule has 15 atom stereocenters. The summed E-state index contributed by atoms with van der Waals surface area (Å²) >= 11 is 0. The largest absolute Gasteiger partial charge is 0.394 e. The maximum Gasteiger partial charge on any atom is 0.217 e. The van der Waals surface area contributed by atoms with Gasteiger partial charge in [0.25, 0.3) is 0 Å². The van der Waals surface area contributed by atoms with Gasteiger partial charge in [0.2, 0.25) is 5.91 Å². The van der Waals surface area contributed by atoms with Crippen LogP contribution in [-0.2, 0) is 28.5 Å². The highest BCUT2D eigenvalue weighted by atomic mass is 16.7. The van der Waals surface area contributed by atoms with E-state index in [9.17, 15) is 50.8 Å². The van der Waals surface area contributed by atoms with Gasteiger partial charge in [-0.25, -0.2) is 0 Å². The van der Waals surface area contributed by atoms with Crippen LogP contribution in [0.5, 0.6) is 0 Å². The van der Waals surface area contributed by atoms with Crippen molar-refractivity contribution in [3.63, 3.8) is 0 Å². The lowest BCUT2D eigenvalue weighted by Crippen LogP contribution is -2.69. The molecule has 0 aromatic carbocycles. The highest BCUT2D eigenvalue weighted by molar-refractivity contribution is 5.73. The Morgan fingerprint density at radius 2 is 1.33 bits per heavy atom. The summed E-state index contributed by atoms with van der Waals surface area (Å²) in [5.41, 5.74) is 0. The molecule has 36 heavy (non-hydrogen) atoms. The number of hydrogen-bond acceptors (Lipinski definition) is 15. The molecule has 0 radical (unpaired) electrons. The summed E-state index contributed by atoms with van der Waals surface area (Å²) < 4.78 is 27.2. The van der Waals surface area contributed by atoms with Crippen molar-refractivity contribution in [2.45, 2.75) is 106 Å². The van der Waals surface area contributed by atoms with Gasteiger partial charge in [-0.15, -0.1) is 0 Å². The Kier molecular flexibility index (Phi) is 9.97. The molecule has 1 amide bonds. The quantitative estimate of drug-likeness (QED) is 0.147. The molecule has 0 saturated carbocycles. The number of nitrogens with one attached hydrogen (secondary N) is 1. The molecular weight excluding hydrogens is 494 g/mol. The lowest BCUT2D eigenvalue weighted by atomic mass is 9.95. The van der Waals surface area contributed by atoms with Crippen molar-refractivity contribution in [1.82, 2.24) is 5.32 Å². The Balaban J connectivity index is 1.80. The highest BCUT2D eigenvalue weighted by Gasteiger charge is 2.53. The molecule has 0 aromatic heterocycles. The standard InChI is InChI=1S/C20H35NO15/c1-5-10(25)13(28)15(30)20(32-5)35-16-8(4-23)34-19(9(12(16)27)21-6(2)24)36-17-14(29)11(26)7(3-22)33-18(17)31/h5,7-20,22-23,25-31H,3-4H2,1-2H3,(H,21,24)/t5-,7-,8-,9-,10+,11-,12-,13+,14+,15-,16-,17+,18+,19+,20+/m1/s1. The second-order valence-corrected chi connectivity index (χ2v) is 9.05.